The molecule has 0 saturated carbocycles. The van der Waals surface area contributed by atoms with Gasteiger partial charge >= 0.3 is 0 Å². The number of alkyl halides is 1. The molecule has 0 unspecified atom stereocenters. The molecule has 16 heavy (non-hydrogen) atoms. The molecule has 1 aromatic carbocycles. The van der Waals surface area contributed by atoms with Gasteiger partial charge in [-0.1, -0.05) is 47.4 Å². The zero-order chi connectivity index (χ0) is 12.1. The van der Waals surface area contributed by atoms with Crippen LogP contribution in [0, 0.1) is 5.92 Å². The maximum atomic E-state index is 6.30. The summed E-state index contributed by atoms with van der Waals surface area (Å²) in [5.41, 5.74) is 2.36. The van der Waals surface area contributed by atoms with Crippen LogP contribution in [0.15, 0.2) is 18.2 Å². The Morgan fingerprint density at radius 1 is 1.38 bits per heavy atom. The van der Waals surface area contributed by atoms with Gasteiger partial charge in [0.15, 0.2) is 0 Å². The van der Waals surface area contributed by atoms with Crippen molar-refractivity contribution < 1.29 is 0 Å². The fraction of sp³-hybridized carbons (Fsp3) is 0.538. The van der Waals surface area contributed by atoms with Gasteiger partial charge in [0, 0.05) is 18.4 Å². The van der Waals surface area contributed by atoms with Crippen molar-refractivity contribution in [3.63, 3.8) is 0 Å². The summed E-state index contributed by atoms with van der Waals surface area (Å²) in [6.07, 6.45) is 0. The molecule has 1 nitrogen and oxygen atoms in total. The summed E-state index contributed by atoms with van der Waals surface area (Å²) in [7, 11) is 0. The van der Waals surface area contributed by atoms with Crippen LogP contribution < -0.4 is 4.90 Å². The molecule has 0 N–H and O–H groups in total. The minimum Gasteiger partial charge on any atom is -0.370 e. The first-order valence-corrected chi connectivity index (χ1v) is 7.17. The van der Waals surface area contributed by atoms with Crippen LogP contribution in [0.2, 0.25) is 5.02 Å². The van der Waals surface area contributed by atoms with E-state index in [1.807, 2.05) is 6.07 Å². The van der Waals surface area contributed by atoms with Crippen molar-refractivity contribution in [1.82, 2.24) is 0 Å². The van der Waals surface area contributed by atoms with Crippen LogP contribution in [0.4, 0.5) is 5.69 Å². The minimum atomic E-state index is 0.645. The van der Waals surface area contributed by atoms with Crippen LogP contribution in [0.25, 0.3) is 0 Å². The SMILES string of the molecule is CCN(CC(C)C)c1ccc(CBr)cc1Cl. The van der Waals surface area contributed by atoms with E-state index in [1.54, 1.807) is 0 Å². The summed E-state index contributed by atoms with van der Waals surface area (Å²) in [6.45, 7) is 8.65. The lowest BCUT2D eigenvalue weighted by Crippen LogP contribution is -2.27. The molecule has 0 aliphatic heterocycles. The second-order valence-corrected chi connectivity index (χ2v) is 5.32. The maximum absolute atomic E-state index is 6.30. The highest BCUT2D eigenvalue weighted by atomic mass is 79.9. The summed E-state index contributed by atoms with van der Waals surface area (Å²) in [6, 6.07) is 6.28. The van der Waals surface area contributed by atoms with Gasteiger partial charge in [-0.2, -0.15) is 0 Å². The molecule has 0 heterocycles. The second-order valence-electron chi connectivity index (χ2n) is 4.35. The minimum absolute atomic E-state index is 0.645. The Morgan fingerprint density at radius 2 is 2.06 bits per heavy atom. The van der Waals surface area contributed by atoms with Crippen molar-refractivity contribution in [2.75, 3.05) is 18.0 Å². The first kappa shape index (κ1) is 13.9. The van der Waals surface area contributed by atoms with Gasteiger partial charge in [-0.3, -0.25) is 0 Å². The Balaban J connectivity index is 2.92. The number of rotatable bonds is 5. The fourth-order valence-corrected chi connectivity index (χ4v) is 2.40. The molecule has 1 aromatic rings. The van der Waals surface area contributed by atoms with Crippen LogP contribution >= 0.6 is 27.5 Å². The Bertz CT molecular complexity index is 339. The van der Waals surface area contributed by atoms with Gasteiger partial charge in [0.05, 0.1) is 10.7 Å². The van der Waals surface area contributed by atoms with Crippen molar-refractivity contribution >= 4 is 33.2 Å². The molecule has 1 rings (SSSR count). The van der Waals surface area contributed by atoms with Crippen molar-refractivity contribution in [3.05, 3.63) is 28.8 Å². The van der Waals surface area contributed by atoms with E-state index in [0.717, 1.165) is 29.1 Å². The van der Waals surface area contributed by atoms with E-state index in [4.69, 9.17) is 11.6 Å². The van der Waals surface area contributed by atoms with Crippen molar-refractivity contribution in [2.45, 2.75) is 26.1 Å². The third-order valence-electron chi connectivity index (χ3n) is 2.47. The summed E-state index contributed by atoms with van der Waals surface area (Å²) in [5, 5.41) is 1.70. The predicted octanol–water partition coefficient (Wildman–Crippen LogP) is 4.72. The fourth-order valence-electron chi connectivity index (χ4n) is 1.73. The van der Waals surface area contributed by atoms with Crippen LogP contribution in [-0.4, -0.2) is 13.1 Å². The van der Waals surface area contributed by atoms with Gasteiger partial charge < -0.3 is 4.90 Å². The van der Waals surface area contributed by atoms with Gasteiger partial charge in [0.1, 0.15) is 0 Å². The number of nitrogens with zero attached hydrogens (tertiary/aromatic N) is 1. The Morgan fingerprint density at radius 3 is 2.50 bits per heavy atom. The number of hydrogen-bond donors (Lipinski definition) is 0. The highest BCUT2D eigenvalue weighted by Crippen LogP contribution is 2.28. The number of benzene rings is 1. The van der Waals surface area contributed by atoms with Crippen molar-refractivity contribution in [3.8, 4) is 0 Å². The Hall–Kier alpha value is -0.210. The third-order valence-corrected chi connectivity index (χ3v) is 3.42. The molecule has 0 saturated heterocycles. The molecular formula is C13H19BrClN. The van der Waals surface area contributed by atoms with Gasteiger partial charge in [-0.15, -0.1) is 0 Å². The van der Waals surface area contributed by atoms with Crippen LogP contribution in [0.3, 0.4) is 0 Å². The number of halogens is 2. The molecule has 0 aliphatic rings. The number of anilines is 1. The average molecular weight is 305 g/mol. The van der Waals surface area contributed by atoms with E-state index in [2.05, 4.69) is 53.7 Å². The Labute approximate surface area is 112 Å². The highest BCUT2D eigenvalue weighted by Gasteiger charge is 2.10. The smallest absolute Gasteiger partial charge is 0.0642 e. The lowest BCUT2D eigenvalue weighted by molar-refractivity contribution is 0.619. The number of hydrogen-bond acceptors (Lipinski definition) is 1. The second kappa shape index (κ2) is 6.51. The first-order chi connectivity index (χ1) is 7.58. The van der Waals surface area contributed by atoms with Gasteiger partial charge in [0.2, 0.25) is 0 Å². The van der Waals surface area contributed by atoms with E-state index >= 15 is 0 Å². The quantitative estimate of drug-likeness (QED) is 0.712. The topological polar surface area (TPSA) is 3.24 Å². The normalized spacial score (nSPS) is 10.9. The van der Waals surface area contributed by atoms with E-state index in [0.29, 0.717) is 5.92 Å². The first-order valence-electron chi connectivity index (χ1n) is 5.67. The molecule has 0 amide bonds. The van der Waals surface area contributed by atoms with E-state index in [9.17, 15) is 0 Å². The van der Waals surface area contributed by atoms with Crippen LogP contribution in [0.5, 0.6) is 0 Å². The van der Waals surface area contributed by atoms with E-state index in [-0.39, 0.29) is 0 Å². The molecule has 0 fully saturated rings. The lowest BCUT2D eigenvalue weighted by atomic mass is 10.1. The zero-order valence-electron chi connectivity index (χ0n) is 10.1. The summed E-state index contributed by atoms with van der Waals surface area (Å²) in [4.78, 5) is 2.32. The Kier molecular flexibility index (Phi) is 5.63. The largest absolute Gasteiger partial charge is 0.370 e. The molecule has 90 valence electrons. The van der Waals surface area contributed by atoms with E-state index in [1.165, 1.54) is 5.56 Å². The summed E-state index contributed by atoms with van der Waals surface area (Å²) in [5.74, 6) is 0.645. The van der Waals surface area contributed by atoms with E-state index < -0.39 is 0 Å². The molecule has 0 radical (unpaired) electrons. The molecule has 0 bridgehead atoms. The molecule has 0 spiro atoms. The molecule has 0 aromatic heterocycles. The molecular weight excluding hydrogens is 286 g/mol. The zero-order valence-corrected chi connectivity index (χ0v) is 12.5. The van der Waals surface area contributed by atoms with Crippen LogP contribution in [0.1, 0.15) is 26.3 Å². The summed E-state index contributed by atoms with van der Waals surface area (Å²) < 4.78 is 0. The highest BCUT2D eigenvalue weighted by molar-refractivity contribution is 9.08. The molecule has 0 atom stereocenters. The van der Waals surface area contributed by atoms with Crippen molar-refractivity contribution in [1.29, 1.82) is 0 Å². The lowest BCUT2D eigenvalue weighted by Gasteiger charge is -2.26. The standard InChI is InChI=1S/C13H19BrClN/c1-4-16(9-10(2)3)13-6-5-11(8-14)7-12(13)15/h5-7,10H,4,8-9H2,1-3H3. The molecule has 0 aliphatic carbocycles. The van der Waals surface area contributed by atoms with Gasteiger partial charge in [-0.05, 0) is 30.5 Å². The van der Waals surface area contributed by atoms with Gasteiger partial charge in [-0.25, -0.2) is 0 Å². The maximum Gasteiger partial charge on any atom is 0.0642 e. The molecule has 3 heteroatoms. The van der Waals surface area contributed by atoms with Gasteiger partial charge in [0.25, 0.3) is 0 Å². The van der Waals surface area contributed by atoms with Crippen molar-refractivity contribution in [2.24, 2.45) is 5.92 Å². The van der Waals surface area contributed by atoms with Crippen LogP contribution in [-0.2, 0) is 5.33 Å². The third kappa shape index (κ3) is 3.67. The summed E-state index contributed by atoms with van der Waals surface area (Å²) >= 11 is 9.74. The predicted molar refractivity (Wildman–Crippen MR) is 76.8 cm³/mol. The average Bonchev–Trinajstić information content (AvgIpc) is 2.25. The monoisotopic (exact) mass is 303 g/mol.